The second-order valence-electron chi connectivity index (χ2n) is 4.99. The van der Waals surface area contributed by atoms with Gasteiger partial charge in [0.15, 0.2) is 5.13 Å². The monoisotopic (exact) mass is 361 g/mol. The Morgan fingerprint density at radius 2 is 1.78 bits per heavy atom. The molecule has 0 atom stereocenters. The molecule has 0 saturated carbocycles. The highest BCUT2D eigenvalue weighted by atomic mass is 32.2. The third-order valence-corrected chi connectivity index (χ3v) is 6.10. The van der Waals surface area contributed by atoms with Crippen molar-refractivity contribution in [2.75, 3.05) is 5.32 Å². The maximum absolute atomic E-state index is 12.2. The lowest BCUT2D eigenvalue weighted by atomic mass is 10.1. The summed E-state index contributed by atoms with van der Waals surface area (Å²) in [6, 6.07) is 7.66. The number of hydrogen-bond acceptors (Lipinski definition) is 6. The molecule has 7 heteroatoms. The average molecular weight is 362 g/mol. The van der Waals surface area contributed by atoms with Crippen molar-refractivity contribution in [3.05, 3.63) is 57.5 Å². The van der Waals surface area contributed by atoms with Gasteiger partial charge in [-0.15, -0.1) is 22.7 Å². The molecule has 0 radical (unpaired) electrons. The molecule has 0 aliphatic heterocycles. The Morgan fingerprint density at radius 1 is 1.09 bits per heavy atom. The van der Waals surface area contributed by atoms with Crippen LogP contribution in [-0.4, -0.2) is 15.9 Å². The molecule has 4 nitrogen and oxygen atoms in total. The van der Waals surface area contributed by atoms with E-state index in [1.54, 1.807) is 23.1 Å². The van der Waals surface area contributed by atoms with Gasteiger partial charge in [-0.2, -0.15) is 0 Å². The van der Waals surface area contributed by atoms with E-state index in [9.17, 15) is 4.79 Å². The fraction of sp³-hybridized carbons (Fsp3) is 0.188. The molecule has 3 rings (SSSR count). The minimum atomic E-state index is -0.130. The van der Waals surface area contributed by atoms with Crippen molar-refractivity contribution in [2.24, 2.45) is 0 Å². The van der Waals surface area contributed by atoms with Crippen LogP contribution in [-0.2, 0) is 5.75 Å². The van der Waals surface area contributed by atoms with Gasteiger partial charge in [-0.3, -0.25) is 10.1 Å². The number of nitrogens with one attached hydrogen (secondary N) is 1. The van der Waals surface area contributed by atoms with Crippen molar-refractivity contribution in [1.29, 1.82) is 0 Å². The van der Waals surface area contributed by atoms with Crippen molar-refractivity contribution in [1.82, 2.24) is 9.97 Å². The lowest BCUT2D eigenvalue weighted by Crippen LogP contribution is -2.11. The molecule has 1 amide bonds. The Bertz CT molecular complexity index is 808. The number of nitrogens with zero attached hydrogens (tertiary/aromatic N) is 2. The number of carbonyl (C=O) groups excluding carboxylic acids is 1. The fourth-order valence-electron chi connectivity index (χ4n) is 1.88. The van der Waals surface area contributed by atoms with E-state index in [1.807, 2.05) is 43.5 Å². The van der Waals surface area contributed by atoms with Gasteiger partial charge in [0.2, 0.25) is 0 Å². The van der Waals surface area contributed by atoms with Crippen LogP contribution in [0.2, 0.25) is 0 Å². The zero-order valence-electron chi connectivity index (χ0n) is 12.7. The Morgan fingerprint density at radius 3 is 2.39 bits per heavy atom. The van der Waals surface area contributed by atoms with Gasteiger partial charge < -0.3 is 0 Å². The highest BCUT2D eigenvalue weighted by molar-refractivity contribution is 8.00. The lowest BCUT2D eigenvalue weighted by Gasteiger charge is -2.03. The summed E-state index contributed by atoms with van der Waals surface area (Å²) in [5.41, 5.74) is 3.78. The molecular formula is C16H15N3OS3. The Labute approximate surface area is 147 Å². The molecular weight excluding hydrogens is 346 g/mol. The minimum absolute atomic E-state index is 0.130. The molecule has 0 unspecified atom stereocenters. The summed E-state index contributed by atoms with van der Waals surface area (Å²) in [5, 5.41) is 7.41. The molecule has 3 aromatic rings. The Kier molecular flexibility index (Phi) is 5.09. The lowest BCUT2D eigenvalue weighted by molar-refractivity contribution is 0.102. The first-order valence-electron chi connectivity index (χ1n) is 6.97. The van der Waals surface area contributed by atoms with Gasteiger partial charge in [0.25, 0.3) is 5.91 Å². The first kappa shape index (κ1) is 16.2. The third-order valence-electron chi connectivity index (χ3n) is 3.02. The number of carbonyl (C=O) groups is 1. The van der Waals surface area contributed by atoms with Crippen LogP contribution in [0.4, 0.5) is 5.13 Å². The van der Waals surface area contributed by atoms with Crippen molar-refractivity contribution < 1.29 is 4.79 Å². The van der Waals surface area contributed by atoms with Crippen LogP contribution < -0.4 is 5.32 Å². The summed E-state index contributed by atoms with van der Waals surface area (Å²) in [6.45, 7) is 3.90. The topological polar surface area (TPSA) is 54.9 Å². The predicted octanol–water partition coefficient (Wildman–Crippen LogP) is 4.76. The van der Waals surface area contributed by atoms with Gasteiger partial charge in [-0.1, -0.05) is 23.9 Å². The van der Waals surface area contributed by atoms with Crippen molar-refractivity contribution in [3.63, 3.8) is 0 Å². The van der Waals surface area contributed by atoms with E-state index in [-0.39, 0.29) is 5.91 Å². The molecule has 1 aromatic carbocycles. The molecule has 118 valence electrons. The molecule has 0 bridgehead atoms. The van der Waals surface area contributed by atoms with E-state index < -0.39 is 0 Å². The highest BCUT2D eigenvalue weighted by Gasteiger charge is 2.08. The molecule has 0 aliphatic rings. The molecule has 2 aromatic heterocycles. The van der Waals surface area contributed by atoms with Gasteiger partial charge in [0, 0.05) is 27.8 Å². The Balaban J connectivity index is 1.58. The van der Waals surface area contributed by atoms with E-state index >= 15 is 0 Å². The summed E-state index contributed by atoms with van der Waals surface area (Å²) in [5.74, 6) is 0.717. The minimum Gasteiger partial charge on any atom is -0.298 e. The van der Waals surface area contributed by atoms with Crippen LogP contribution in [0.5, 0.6) is 0 Å². The molecule has 2 heterocycles. The first-order valence-corrected chi connectivity index (χ1v) is 9.72. The third kappa shape index (κ3) is 4.40. The van der Waals surface area contributed by atoms with Gasteiger partial charge in [-0.25, -0.2) is 9.97 Å². The first-order chi connectivity index (χ1) is 11.1. The summed E-state index contributed by atoms with van der Waals surface area (Å²) in [4.78, 5) is 20.8. The number of aromatic nitrogens is 2. The van der Waals surface area contributed by atoms with Gasteiger partial charge in [0.05, 0.1) is 5.69 Å². The van der Waals surface area contributed by atoms with E-state index in [0.29, 0.717) is 10.7 Å². The van der Waals surface area contributed by atoms with Gasteiger partial charge >= 0.3 is 0 Å². The number of hydrogen-bond donors (Lipinski definition) is 1. The number of benzene rings is 1. The maximum Gasteiger partial charge on any atom is 0.257 e. The number of thioether (sulfide) groups is 1. The predicted molar refractivity (Wildman–Crippen MR) is 97.7 cm³/mol. The van der Waals surface area contributed by atoms with Gasteiger partial charge in [-0.05, 0) is 31.5 Å². The maximum atomic E-state index is 12.2. The fourth-order valence-corrected chi connectivity index (χ4v) is 4.37. The average Bonchev–Trinajstić information content (AvgIpc) is 3.14. The highest BCUT2D eigenvalue weighted by Crippen LogP contribution is 2.26. The van der Waals surface area contributed by atoms with E-state index in [1.165, 1.54) is 16.9 Å². The second-order valence-corrected chi connectivity index (χ2v) is 7.93. The summed E-state index contributed by atoms with van der Waals surface area (Å²) in [7, 11) is 0. The van der Waals surface area contributed by atoms with E-state index in [4.69, 9.17) is 0 Å². The van der Waals surface area contributed by atoms with Crippen LogP contribution in [0.25, 0.3) is 0 Å². The van der Waals surface area contributed by atoms with Crippen molar-refractivity contribution >= 4 is 45.5 Å². The summed E-state index contributed by atoms with van der Waals surface area (Å²) in [6.07, 6.45) is 0. The smallest absolute Gasteiger partial charge is 0.257 e. The molecule has 0 aliphatic carbocycles. The number of rotatable bonds is 5. The quantitative estimate of drug-likeness (QED) is 0.666. The molecule has 0 spiro atoms. The molecule has 0 fully saturated rings. The van der Waals surface area contributed by atoms with Crippen LogP contribution in [0.1, 0.15) is 27.3 Å². The zero-order valence-corrected chi connectivity index (χ0v) is 15.1. The van der Waals surface area contributed by atoms with Crippen LogP contribution in [0.15, 0.2) is 39.4 Å². The number of thiazole rings is 2. The second kappa shape index (κ2) is 7.25. The van der Waals surface area contributed by atoms with Crippen LogP contribution in [0.3, 0.4) is 0 Å². The molecule has 1 N–H and O–H groups in total. The molecule has 23 heavy (non-hydrogen) atoms. The van der Waals surface area contributed by atoms with Gasteiger partial charge in [0.1, 0.15) is 4.34 Å². The summed E-state index contributed by atoms with van der Waals surface area (Å²) < 4.78 is 1.07. The van der Waals surface area contributed by atoms with E-state index in [2.05, 4.69) is 20.7 Å². The summed E-state index contributed by atoms with van der Waals surface area (Å²) >= 11 is 4.81. The van der Waals surface area contributed by atoms with Crippen LogP contribution >= 0.6 is 34.4 Å². The van der Waals surface area contributed by atoms with Crippen molar-refractivity contribution in [3.8, 4) is 0 Å². The number of aryl methyl sites for hydroxylation is 2. The molecule has 0 saturated heterocycles. The number of amides is 1. The van der Waals surface area contributed by atoms with Crippen molar-refractivity contribution in [2.45, 2.75) is 23.9 Å². The Hall–Kier alpha value is -1.70. The standard InChI is InChI=1S/C16H15N3OS3/c1-10-7-21-15(17-10)19-14(20)13-5-3-12(4-6-13)9-23-16-18-11(2)8-22-16/h3-8H,9H2,1-2H3,(H,17,19,20). The van der Waals surface area contributed by atoms with Crippen LogP contribution in [0, 0.1) is 13.8 Å². The SMILES string of the molecule is Cc1csc(NC(=O)c2ccc(CSc3nc(C)cs3)cc2)n1. The van der Waals surface area contributed by atoms with E-state index in [0.717, 1.165) is 21.5 Å². The zero-order chi connectivity index (χ0) is 16.2. The normalized spacial score (nSPS) is 10.7. The number of anilines is 1. The largest absolute Gasteiger partial charge is 0.298 e.